The van der Waals surface area contributed by atoms with E-state index in [4.69, 9.17) is 27.9 Å². The largest absolute Gasteiger partial charge is 1.00 e. The second-order valence-electron chi connectivity index (χ2n) is 5.30. The minimum absolute atomic E-state index is 0. The molecule has 0 saturated carbocycles. The van der Waals surface area contributed by atoms with Gasteiger partial charge in [-0.1, -0.05) is 59.6 Å². The van der Waals surface area contributed by atoms with Crippen molar-refractivity contribution in [2.45, 2.75) is 6.54 Å². The normalized spacial score (nSPS) is 9.74. The zero-order chi connectivity index (χ0) is 17.8. The third kappa shape index (κ3) is 5.96. The fourth-order valence-electron chi connectivity index (χ4n) is 2.37. The molecule has 2 aromatic carbocycles. The monoisotopic (exact) mass is 431 g/mol. The van der Waals surface area contributed by atoms with Crippen LogP contribution in [0, 0.1) is 0 Å². The number of ether oxygens (including phenoxy) is 1. The summed E-state index contributed by atoms with van der Waals surface area (Å²) < 4.78 is 4.91. The molecule has 0 spiro atoms. The van der Waals surface area contributed by atoms with Crippen LogP contribution in [0.15, 0.2) is 54.6 Å². The Morgan fingerprint density at radius 1 is 1.11 bits per heavy atom. The molecule has 0 radical (unpaired) electrons. The van der Waals surface area contributed by atoms with Gasteiger partial charge in [0.1, 0.15) is 4.88 Å². The topological polar surface area (TPSA) is 68.3 Å². The number of halogens is 2. The Kier molecular flexibility index (Phi) is 9.84. The maximum absolute atomic E-state index is 12.1. The van der Waals surface area contributed by atoms with Crippen molar-refractivity contribution in [3.8, 4) is 10.4 Å². The minimum Gasteiger partial charge on any atom is -0.870 e. The molecule has 0 fully saturated rings. The first-order valence-corrected chi connectivity index (χ1v) is 9.11. The summed E-state index contributed by atoms with van der Waals surface area (Å²) in [4.78, 5) is 13.6. The molecule has 1 heterocycles. The fourth-order valence-corrected chi connectivity index (χ4v) is 3.90. The molecule has 0 bridgehead atoms. The van der Waals surface area contributed by atoms with Crippen molar-refractivity contribution in [3.63, 3.8) is 0 Å². The second-order valence-corrected chi connectivity index (χ2v) is 7.20. The predicted molar refractivity (Wildman–Crippen MR) is 107 cm³/mol. The molecule has 0 atom stereocenters. The molecule has 0 unspecified atom stereocenters. The summed E-state index contributed by atoms with van der Waals surface area (Å²) in [7, 11) is 1.38. The van der Waals surface area contributed by atoms with E-state index in [0.29, 0.717) is 21.5 Å². The Labute approximate surface area is 194 Å². The Hall–Kier alpha value is -1.05. The van der Waals surface area contributed by atoms with Gasteiger partial charge in [-0.05, 0) is 29.3 Å². The molecular formula is C19H16Cl2NNaO3S. The first kappa shape index (κ1) is 24.0. The maximum atomic E-state index is 12.1. The van der Waals surface area contributed by atoms with E-state index in [9.17, 15) is 4.79 Å². The van der Waals surface area contributed by atoms with E-state index in [1.807, 2.05) is 42.5 Å². The van der Waals surface area contributed by atoms with Gasteiger partial charge in [0, 0.05) is 21.5 Å². The summed E-state index contributed by atoms with van der Waals surface area (Å²) in [6.07, 6.45) is 0. The summed E-state index contributed by atoms with van der Waals surface area (Å²) >= 11 is 13.5. The Morgan fingerprint density at radius 3 is 2.44 bits per heavy atom. The van der Waals surface area contributed by atoms with Gasteiger partial charge >= 0.3 is 35.5 Å². The first-order valence-electron chi connectivity index (χ1n) is 7.54. The predicted octanol–water partition coefficient (Wildman–Crippen LogP) is 2.95. The Bertz CT molecular complexity index is 903. The summed E-state index contributed by atoms with van der Waals surface area (Å²) in [6, 6.07) is 17.2. The van der Waals surface area contributed by atoms with Gasteiger partial charge in [0.2, 0.25) is 0 Å². The smallest absolute Gasteiger partial charge is 0.870 e. The number of nitrogens with one attached hydrogen (secondary N) is 1. The van der Waals surface area contributed by atoms with Crippen LogP contribution in [0.3, 0.4) is 0 Å². The number of anilines is 1. The van der Waals surface area contributed by atoms with Gasteiger partial charge in [-0.15, -0.1) is 11.3 Å². The zero-order valence-corrected chi connectivity index (χ0v) is 19.2. The van der Waals surface area contributed by atoms with Crippen LogP contribution in [0.25, 0.3) is 10.4 Å². The first-order chi connectivity index (χ1) is 12.1. The molecule has 0 amide bonds. The third-order valence-electron chi connectivity index (χ3n) is 3.65. The standard InChI is InChI=1S/C19H15Cl2NO2S.Na.H2O/c1-24-19(23)18-16(10-17(25-18)12-5-3-2-4-6-12)22-11-13-7-8-14(20)9-15(13)21;;/h2-10,22H,11H2,1H3;;1H2/q;+1;/p-1. The molecule has 1 aromatic heterocycles. The number of thiophene rings is 1. The van der Waals surface area contributed by atoms with Crippen molar-refractivity contribution in [2.75, 3.05) is 12.4 Å². The van der Waals surface area contributed by atoms with E-state index >= 15 is 0 Å². The van der Waals surface area contributed by atoms with E-state index < -0.39 is 0 Å². The van der Waals surface area contributed by atoms with Crippen LogP contribution in [-0.2, 0) is 11.3 Å². The van der Waals surface area contributed by atoms with Gasteiger partial charge in [0.25, 0.3) is 0 Å². The molecule has 3 rings (SSSR count). The SMILES string of the molecule is COC(=O)c1sc(-c2ccccc2)cc1NCc1ccc(Cl)cc1Cl.[Na+].[OH-]. The summed E-state index contributed by atoms with van der Waals surface area (Å²) in [5.74, 6) is -0.364. The van der Waals surface area contributed by atoms with Gasteiger partial charge in [-0.3, -0.25) is 0 Å². The van der Waals surface area contributed by atoms with Crippen molar-refractivity contribution in [2.24, 2.45) is 0 Å². The molecule has 2 N–H and O–H groups in total. The summed E-state index contributed by atoms with van der Waals surface area (Å²) in [5, 5.41) is 4.45. The van der Waals surface area contributed by atoms with E-state index in [1.165, 1.54) is 18.4 Å². The molecule has 4 nitrogen and oxygen atoms in total. The van der Waals surface area contributed by atoms with E-state index in [-0.39, 0.29) is 41.0 Å². The third-order valence-corrected chi connectivity index (χ3v) is 5.40. The molecular weight excluding hydrogens is 416 g/mol. The number of hydrogen-bond acceptors (Lipinski definition) is 5. The van der Waals surface area contributed by atoms with E-state index in [1.54, 1.807) is 12.1 Å². The van der Waals surface area contributed by atoms with E-state index in [0.717, 1.165) is 21.7 Å². The van der Waals surface area contributed by atoms with Gasteiger partial charge < -0.3 is 15.5 Å². The van der Waals surface area contributed by atoms with Crippen LogP contribution < -0.4 is 34.9 Å². The van der Waals surface area contributed by atoms with Crippen LogP contribution in [0.4, 0.5) is 5.69 Å². The Balaban J connectivity index is 0.00000182. The van der Waals surface area contributed by atoms with Crippen LogP contribution in [0.5, 0.6) is 0 Å². The van der Waals surface area contributed by atoms with Gasteiger partial charge in [0.05, 0.1) is 12.8 Å². The van der Waals surface area contributed by atoms with Crippen LogP contribution in [-0.4, -0.2) is 18.6 Å². The number of esters is 1. The Morgan fingerprint density at radius 2 is 1.81 bits per heavy atom. The van der Waals surface area contributed by atoms with E-state index in [2.05, 4.69) is 5.32 Å². The van der Waals surface area contributed by atoms with Gasteiger partial charge in [0.15, 0.2) is 0 Å². The summed E-state index contributed by atoms with van der Waals surface area (Å²) in [5.41, 5.74) is 2.67. The molecule has 0 aliphatic heterocycles. The molecule has 0 aliphatic rings. The average molecular weight is 432 g/mol. The molecule has 136 valence electrons. The number of rotatable bonds is 5. The number of carbonyl (C=O) groups is 1. The zero-order valence-electron chi connectivity index (χ0n) is 14.8. The average Bonchev–Trinajstić information content (AvgIpc) is 3.05. The number of hydrogen-bond donors (Lipinski definition) is 1. The van der Waals surface area contributed by atoms with Gasteiger partial charge in [-0.25, -0.2) is 4.79 Å². The molecule has 0 saturated heterocycles. The van der Waals surface area contributed by atoms with Crippen molar-refractivity contribution in [1.29, 1.82) is 0 Å². The van der Waals surface area contributed by atoms with Crippen molar-refractivity contribution in [1.82, 2.24) is 0 Å². The quantitative estimate of drug-likeness (QED) is 0.498. The maximum Gasteiger partial charge on any atom is 1.00 e. The van der Waals surface area contributed by atoms with Crippen molar-refractivity contribution < 1.29 is 44.6 Å². The minimum atomic E-state index is -0.364. The van der Waals surface area contributed by atoms with Crippen LogP contribution in [0.1, 0.15) is 15.2 Å². The molecule has 0 aliphatic carbocycles. The van der Waals surface area contributed by atoms with Crippen LogP contribution >= 0.6 is 34.5 Å². The van der Waals surface area contributed by atoms with Crippen molar-refractivity contribution >= 4 is 46.2 Å². The second kappa shape index (κ2) is 11.1. The molecule has 3 aromatic rings. The number of benzene rings is 2. The van der Waals surface area contributed by atoms with Gasteiger partial charge in [-0.2, -0.15) is 0 Å². The fraction of sp³-hybridized carbons (Fsp3) is 0.105. The molecule has 8 heteroatoms. The number of carbonyl (C=O) groups excluding carboxylic acids is 1. The number of methoxy groups -OCH3 is 1. The summed E-state index contributed by atoms with van der Waals surface area (Å²) in [6.45, 7) is 0.477. The van der Waals surface area contributed by atoms with Crippen LogP contribution in [0.2, 0.25) is 10.0 Å². The van der Waals surface area contributed by atoms with Crippen molar-refractivity contribution in [3.05, 3.63) is 75.1 Å². The molecule has 27 heavy (non-hydrogen) atoms.